The molecule has 1 aromatic carbocycles. The van der Waals surface area contributed by atoms with Crippen molar-refractivity contribution >= 4 is 17.5 Å². The molecule has 3 rings (SSSR count). The van der Waals surface area contributed by atoms with Gasteiger partial charge in [0.25, 0.3) is 11.8 Å². The number of carbonyl (C=O) groups is 2. The second-order valence-corrected chi connectivity index (χ2v) is 6.69. The zero-order valence-electron chi connectivity index (χ0n) is 14.9. The number of aryl methyl sites for hydroxylation is 1. The Balaban J connectivity index is 1.81. The standard InChI is InChI=1S/C20H24N4O2/c1-13-4-2-6-16(20(26)23-17-7-3-5-15(17)12-21)18(13)24-19(25)14-8-10-22-11-9-14/h2,4,6,8-11,15,17H,3,5,7,12,21H2,1H3,(H,23,26)(H,24,25). The van der Waals surface area contributed by atoms with Crippen molar-refractivity contribution in [3.05, 3.63) is 59.4 Å². The van der Waals surface area contributed by atoms with Gasteiger partial charge in [0, 0.05) is 24.0 Å². The molecule has 1 aliphatic rings. The van der Waals surface area contributed by atoms with Gasteiger partial charge in [0.2, 0.25) is 0 Å². The van der Waals surface area contributed by atoms with Gasteiger partial charge in [-0.05, 0) is 56.0 Å². The van der Waals surface area contributed by atoms with Crippen LogP contribution in [0, 0.1) is 12.8 Å². The van der Waals surface area contributed by atoms with E-state index >= 15 is 0 Å². The Morgan fingerprint density at radius 3 is 2.65 bits per heavy atom. The first-order valence-corrected chi connectivity index (χ1v) is 8.92. The molecule has 0 aliphatic heterocycles. The van der Waals surface area contributed by atoms with E-state index in [0.717, 1.165) is 24.8 Å². The fraction of sp³-hybridized carbons (Fsp3) is 0.350. The number of rotatable bonds is 5. The first-order valence-electron chi connectivity index (χ1n) is 8.92. The summed E-state index contributed by atoms with van der Waals surface area (Å²) in [6.07, 6.45) is 6.19. The maximum absolute atomic E-state index is 12.8. The molecular weight excluding hydrogens is 328 g/mol. The smallest absolute Gasteiger partial charge is 0.255 e. The van der Waals surface area contributed by atoms with Crippen molar-refractivity contribution in [1.29, 1.82) is 0 Å². The van der Waals surface area contributed by atoms with Gasteiger partial charge in [-0.15, -0.1) is 0 Å². The van der Waals surface area contributed by atoms with Gasteiger partial charge in [-0.25, -0.2) is 0 Å². The molecule has 1 fully saturated rings. The number of aromatic nitrogens is 1. The van der Waals surface area contributed by atoms with Crippen LogP contribution in [0.2, 0.25) is 0 Å². The van der Waals surface area contributed by atoms with E-state index in [-0.39, 0.29) is 17.9 Å². The molecule has 0 saturated heterocycles. The van der Waals surface area contributed by atoms with Gasteiger partial charge >= 0.3 is 0 Å². The molecule has 2 aromatic rings. The Hall–Kier alpha value is -2.73. The molecule has 6 heteroatoms. The van der Waals surface area contributed by atoms with Gasteiger partial charge in [-0.2, -0.15) is 0 Å². The quantitative estimate of drug-likeness (QED) is 0.770. The number of carbonyl (C=O) groups excluding carboxylic acids is 2. The van der Waals surface area contributed by atoms with Crippen LogP contribution in [0.4, 0.5) is 5.69 Å². The van der Waals surface area contributed by atoms with Crippen molar-refractivity contribution in [3.8, 4) is 0 Å². The van der Waals surface area contributed by atoms with Crippen LogP contribution in [0.3, 0.4) is 0 Å². The average molecular weight is 352 g/mol. The third-order valence-corrected chi connectivity index (χ3v) is 4.98. The monoisotopic (exact) mass is 352 g/mol. The summed E-state index contributed by atoms with van der Waals surface area (Å²) in [6.45, 7) is 2.45. The van der Waals surface area contributed by atoms with Crippen LogP contribution in [0.1, 0.15) is 45.5 Å². The Morgan fingerprint density at radius 2 is 1.92 bits per heavy atom. The molecule has 0 radical (unpaired) electrons. The molecule has 4 N–H and O–H groups in total. The van der Waals surface area contributed by atoms with E-state index in [2.05, 4.69) is 15.6 Å². The van der Waals surface area contributed by atoms with Gasteiger partial charge in [-0.3, -0.25) is 14.6 Å². The Morgan fingerprint density at radius 1 is 1.15 bits per heavy atom. The van der Waals surface area contributed by atoms with E-state index in [9.17, 15) is 9.59 Å². The summed E-state index contributed by atoms with van der Waals surface area (Å²) >= 11 is 0. The molecule has 0 spiro atoms. The Labute approximate surface area is 153 Å². The number of benzene rings is 1. The largest absolute Gasteiger partial charge is 0.349 e. The number of amides is 2. The third-order valence-electron chi connectivity index (χ3n) is 4.98. The summed E-state index contributed by atoms with van der Waals surface area (Å²) in [7, 11) is 0. The van der Waals surface area contributed by atoms with E-state index in [1.54, 1.807) is 30.6 Å². The SMILES string of the molecule is Cc1cccc(C(=O)NC2CCCC2CN)c1NC(=O)c1ccncc1. The number of pyridine rings is 1. The van der Waals surface area contributed by atoms with Crippen molar-refractivity contribution < 1.29 is 9.59 Å². The first-order chi connectivity index (χ1) is 12.6. The second kappa shape index (κ2) is 8.10. The van der Waals surface area contributed by atoms with Gasteiger partial charge < -0.3 is 16.4 Å². The molecule has 6 nitrogen and oxygen atoms in total. The highest BCUT2D eigenvalue weighted by Crippen LogP contribution is 2.26. The molecule has 1 heterocycles. The van der Waals surface area contributed by atoms with E-state index in [0.29, 0.717) is 29.3 Å². The van der Waals surface area contributed by atoms with Crippen molar-refractivity contribution in [2.45, 2.75) is 32.2 Å². The van der Waals surface area contributed by atoms with Crippen molar-refractivity contribution in [2.24, 2.45) is 11.7 Å². The first kappa shape index (κ1) is 18.1. The number of nitrogens with one attached hydrogen (secondary N) is 2. The maximum Gasteiger partial charge on any atom is 0.255 e. The number of para-hydroxylation sites is 1. The van der Waals surface area contributed by atoms with Crippen LogP contribution in [0.5, 0.6) is 0 Å². The molecule has 26 heavy (non-hydrogen) atoms. The minimum absolute atomic E-state index is 0.0942. The lowest BCUT2D eigenvalue weighted by atomic mass is 10.0. The highest BCUT2D eigenvalue weighted by atomic mass is 16.2. The van der Waals surface area contributed by atoms with Gasteiger partial charge in [0.05, 0.1) is 11.3 Å². The van der Waals surface area contributed by atoms with Crippen LogP contribution in [0.15, 0.2) is 42.7 Å². The van der Waals surface area contributed by atoms with E-state index in [4.69, 9.17) is 5.73 Å². The molecule has 2 amide bonds. The lowest BCUT2D eigenvalue weighted by Crippen LogP contribution is -2.40. The summed E-state index contributed by atoms with van der Waals surface area (Å²) in [6, 6.07) is 8.79. The number of hydrogen-bond donors (Lipinski definition) is 3. The lowest BCUT2D eigenvalue weighted by Gasteiger charge is -2.21. The van der Waals surface area contributed by atoms with Crippen molar-refractivity contribution in [2.75, 3.05) is 11.9 Å². The van der Waals surface area contributed by atoms with Gasteiger partial charge in [0.15, 0.2) is 0 Å². The highest BCUT2D eigenvalue weighted by Gasteiger charge is 2.28. The molecule has 2 unspecified atom stereocenters. The molecule has 1 aromatic heterocycles. The Kier molecular flexibility index (Phi) is 5.63. The van der Waals surface area contributed by atoms with Crippen LogP contribution < -0.4 is 16.4 Å². The predicted octanol–water partition coefficient (Wildman–Crippen LogP) is 2.50. The van der Waals surface area contributed by atoms with Crippen molar-refractivity contribution in [1.82, 2.24) is 10.3 Å². The topological polar surface area (TPSA) is 97.1 Å². The van der Waals surface area contributed by atoms with Gasteiger partial charge in [-0.1, -0.05) is 18.6 Å². The number of hydrogen-bond acceptors (Lipinski definition) is 4. The number of nitrogens with zero attached hydrogens (tertiary/aromatic N) is 1. The number of anilines is 1. The number of nitrogens with two attached hydrogens (primary N) is 1. The van der Waals surface area contributed by atoms with Crippen LogP contribution in [0.25, 0.3) is 0 Å². The molecular formula is C20H24N4O2. The zero-order valence-corrected chi connectivity index (χ0v) is 14.9. The summed E-state index contributed by atoms with van der Waals surface area (Å²) in [5, 5.41) is 5.97. The minimum atomic E-state index is -0.267. The molecule has 2 atom stereocenters. The minimum Gasteiger partial charge on any atom is -0.349 e. The fourth-order valence-corrected chi connectivity index (χ4v) is 3.47. The normalized spacial score (nSPS) is 19.2. The summed E-state index contributed by atoms with van der Waals surface area (Å²) in [5.74, 6) is -0.126. The maximum atomic E-state index is 12.8. The summed E-state index contributed by atoms with van der Waals surface area (Å²) in [4.78, 5) is 29.3. The second-order valence-electron chi connectivity index (χ2n) is 6.69. The summed E-state index contributed by atoms with van der Waals surface area (Å²) in [5.41, 5.74) is 8.14. The van der Waals surface area contributed by atoms with Crippen LogP contribution in [-0.4, -0.2) is 29.4 Å². The molecule has 1 aliphatic carbocycles. The molecule has 136 valence electrons. The van der Waals surface area contributed by atoms with Gasteiger partial charge in [0.1, 0.15) is 0 Å². The lowest BCUT2D eigenvalue weighted by molar-refractivity contribution is 0.0929. The average Bonchev–Trinajstić information content (AvgIpc) is 3.11. The molecule has 1 saturated carbocycles. The van der Waals surface area contributed by atoms with E-state index in [1.165, 1.54) is 0 Å². The highest BCUT2D eigenvalue weighted by molar-refractivity contribution is 6.09. The van der Waals surface area contributed by atoms with E-state index < -0.39 is 0 Å². The van der Waals surface area contributed by atoms with Crippen molar-refractivity contribution in [3.63, 3.8) is 0 Å². The molecule has 0 bridgehead atoms. The third kappa shape index (κ3) is 3.91. The van der Waals surface area contributed by atoms with E-state index in [1.807, 2.05) is 19.1 Å². The van der Waals surface area contributed by atoms with Crippen LogP contribution >= 0.6 is 0 Å². The van der Waals surface area contributed by atoms with Crippen LogP contribution in [-0.2, 0) is 0 Å². The zero-order chi connectivity index (χ0) is 18.5. The fourth-order valence-electron chi connectivity index (χ4n) is 3.47. The summed E-state index contributed by atoms with van der Waals surface area (Å²) < 4.78 is 0. The Bertz CT molecular complexity index is 792. The predicted molar refractivity (Wildman–Crippen MR) is 101 cm³/mol.